The maximum absolute atomic E-state index is 12.2. The minimum Gasteiger partial charge on any atom is -0.462 e. The summed E-state index contributed by atoms with van der Waals surface area (Å²) < 4.78 is 7.36. The van der Waals surface area contributed by atoms with E-state index < -0.39 is 0 Å². The summed E-state index contributed by atoms with van der Waals surface area (Å²) in [5.74, 6) is -0.280. The second-order valence-electron chi connectivity index (χ2n) is 5.07. The Morgan fingerprint density at radius 2 is 2.17 bits per heavy atom. The quantitative estimate of drug-likeness (QED) is 0.668. The highest BCUT2D eigenvalue weighted by molar-refractivity contribution is 8.03. The largest absolute Gasteiger partial charge is 0.462 e. The van der Waals surface area contributed by atoms with Gasteiger partial charge in [0.05, 0.1) is 28.6 Å². The van der Waals surface area contributed by atoms with Crippen LogP contribution >= 0.6 is 23.1 Å². The lowest BCUT2D eigenvalue weighted by Gasteiger charge is -2.22. The van der Waals surface area contributed by atoms with Crippen molar-refractivity contribution in [2.75, 3.05) is 6.61 Å². The highest BCUT2D eigenvalue weighted by Crippen LogP contribution is 2.42. The number of nitrogens with zero attached hydrogens (tertiary/aromatic N) is 2. The number of thiophene rings is 1. The third-order valence-corrected chi connectivity index (χ3v) is 5.60. The molecule has 23 heavy (non-hydrogen) atoms. The molecule has 116 valence electrons. The number of para-hydroxylation sites is 2. The summed E-state index contributed by atoms with van der Waals surface area (Å²) in [6, 6.07) is 12.1. The first-order chi connectivity index (χ1) is 11.3. The van der Waals surface area contributed by atoms with Crippen molar-refractivity contribution in [2.45, 2.75) is 18.1 Å². The van der Waals surface area contributed by atoms with Crippen LogP contribution in [0.1, 0.15) is 17.8 Å². The molecule has 0 N–H and O–H groups in total. The highest BCUT2D eigenvalue weighted by Gasteiger charge is 2.29. The number of fused-ring (bicyclic) bond motifs is 3. The Kier molecular flexibility index (Phi) is 3.71. The molecule has 0 fully saturated rings. The first-order valence-corrected chi connectivity index (χ1v) is 9.04. The second kappa shape index (κ2) is 5.86. The molecular weight excluding hydrogens is 328 g/mol. The van der Waals surface area contributed by atoms with Gasteiger partial charge in [-0.05, 0) is 48.3 Å². The Morgan fingerprint density at radius 3 is 2.96 bits per heavy atom. The number of hydrogen-bond donors (Lipinski definition) is 0. The smallest absolute Gasteiger partial charge is 0.344 e. The summed E-state index contributed by atoms with van der Waals surface area (Å²) in [4.78, 5) is 18.7. The van der Waals surface area contributed by atoms with E-state index in [9.17, 15) is 4.79 Å². The van der Waals surface area contributed by atoms with Gasteiger partial charge in [-0.2, -0.15) is 0 Å². The maximum Gasteiger partial charge on any atom is 0.344 e. The van der Waals surface area contributed by atoms with E-state index in [-0.39, 0.29) is 12.0 Å². The van der Waals surface area contributed by atoms with E-state index in [4.69, 9.17) is 4.74 Å². The zero-order valence-corrected chi connectivity index (χ0v) is 14.1. The van der Waals surface area contributed by atoms with Crippen LogP contribution < -0.4 is 0 Å². The van der Waals surface area contributed by atoms with Crippen LogP contribution in [-0.2, 0) is 9.53 Å². The molecule has 0 saturated heterocycles. The summed E-state index contributed by atoms with van der Waals surface area (Å²) in [5, 5.41) is 2.88. The van der Waals surface area contributed by atoms with Crippen LogP contribution in [0.5, 0.6) is 0 Å². The summed E-state index contributed by atoms with van der Waals surface area (Å²) in [6.45, 7) is 2.19. The maximum atomic E-state index is 12.2. The van der Waals surface area contributed by atoms with E-state index in [2.05, 4.69) is 21.7 Å². The molecule has 0 bridgehead atoms. The Balaban J connectivity index is 1.88. The second-order valence-corrected chi connectivity index (χ2v) is 7.06. The standard InChI is InChI=1S/C17H14N2O2S2/c1-2-21-16(20)15-10-13(14-8-5-9-22-14)19-12-7-4-3-6-11(12)18-17(19)23-15/h3-10,13H,2H2,1H3. The molecule has 0 radical (unpaired) electrons. The van der Waals surface area contributed by atoms with Crippen molar-refractivity contribution in [3.63, 3.8) is 0 Å². The summed E-state index contributed by atoms with van der Waals surface area (Å²) in [7, 11) is 0. The van der Waals surface area contributed by atoms with Crippen LogP contribution in [0.3, 0.4) is 0 Å². The van der Waals surface area contributed by atoms with Crippen molar-refractivity contribution in [3.05, 3.63) is 57.6 Å². The van der Waals surface area contributed by atoms with Crippen LogP contribution in [0.2, 0.25) is 0 Å². The van der Waals surface area contributed by atoms with Gasteiger partial charge < -0.3 is 9.30 Å². The highest BCUT2D eigenvalue weighted by atomic mass is 32.2. The number of hydrogen-bond acceptors (Lipinski definition) is 5. The van der Waals surface area contributed by atoms with Gasteiger partial charge in [-0.15, -0.1) is 11.3 Å². The fraction of sp³-hybridized carbons (Fsp3) is 0.176. The van der Waals surface area contributed by atoms with Crippen molar-refractivity contribution < 1.29 is 9.53 Å². The number of carbonyl (C=O) groups is 1. The molecule has 1 aromatic carbocycles. The zero-order valence-electron chi connectivity index (χ0n) is 12.4. The molecule has 0 aliphatic carbocycles. The van der Waals surface area contributed by atoms with Crippen molar-refractivity contribution in [1.82, 2.24) is 9.55 Å². The number of carbonyl (C=O) groups excluding carboxylic acids is 1. The number of allylic oxidation sites excluding steroid dienone is 1. The van der Waals surface area contributed by atoms with Crippen molar-refractivity contribution in [1.29, 1.82) is 0 Å². The van der Waals surface area contributed by atoms with E-state index in [1.165, 1.54) is 16.6 Å². The van der Waals surface area contributed by atoms with Crippen molar-refractivity contribution in [2.24, 2.45) is 0 Å². The SMILES string of the molecule is CCOC(=O)C1=CC(c2cccs2)n2c(nc3ccccc32)S1. The number of imidazole rings is 1. The third-order valence-electron chi connectivity index (χ3n) is 3.66. The minimum absolute atomic E-state index is 0.0296. The van der Waals surface area contributed by atoms with E-state index in [1.54, 1.807) is 11.3 Å². The molecule has 0 spiro atoms. The van der Waals surface area contributed by atoms with Crippen LogP contribution in [-0.4, -0.2) is 22.1 Å². The lowest BCUT2D eigenvalue weighted by molar-refractivity contribution is -0.137. The molecule has 3 aromatic rings. The molecule has 0 amide bonds. The Bertz CT molecular complexity index is 897. The minimum atomic E-state index is -0.280. The van der Waals surface area contributed by atoms with Crippen molar-refractivity contribution in [3.8, 4) is 0 Å². The topological polar surface area (TPSA) is 44.1 Å². The van der Waals surface area contributed by atoms with Crippen LogP contribution in [0.25, 0.3) is 11.0 Å². The Morgan fingerprint density at radius 1 is 1.30 bits per heavy atom. The van der Waals surface area contributed by atoms with Gasteiger partial charge in [0.2, 0.25) is 0 Å². The monoisotopic (exact) mass is 342 g/mol. The number of ether oxygens (including phenoxy) is 1. The van der Waals surface area contributed by atoms with Crippen molar-refractivity contribution >= 4 is 40.1 Å². The van der Waals surface area contributed by atoms with Crippen LogP contribution in [0, 0.1) is 0 Å². The molecule has 1 unspecified atom stereocenters. The predicted molar refractivity (Wildman–Crippen MR) is 92.8 cm³/mol. The van der Waals surface area contributed by atoms with Gasteiger partial charge in [-0.1, -0.05) is 18.2 Å². The Hall–Kier alpha value is -2.05. The first kappa shape index (κ1) is 14.5. The normalized spacial score (nSPS) is 16.9. The number of aromatic nitrogens is 2. The van der Waals surface area contributed by atoms with E-state index in [0.29, 0.717) is 11.5 Å². The zero-order chi connectivity index (χ0) is 15.8. The molecule has 4 rings (SSSR count). The lowest BCUT2D eigenvalue weighted by atomic mass is 10.2. The lowest BCUT2D eigenvalue weighted by Crippen LogP contribution is -2.16. The molecule has 4 nitrogen and oxygen atoms in total. The van der Waals surface area contributed by atoms with E-state index >= 15 is 0 Å². The van der Waals surface area contributed by atoms with Gasteiger partial charge >= 0.3 is 5.97 Å². The van der Waals surface area contributed by atoms with Crippen LogP contribution in [0.4, 0.5) is 0 Å². The summed E-state index contributed by atoms with van der Waals surface area (Å²) in [6.07, 6.45) is 1.98. The number of esters is 1. The average Bonchev–Trinajstić information content (AvgIpc) is 3.21. The predicted octanol–water partition coefficient (Wildman–Crippen LogP) is 4.24. The molecule has 6 heteroatoms. The molecular formula is C17H14N2O2S2. The summed E-state index contributed by atoms with van der Waals surface area (Å²) >= 11 is 3.05. The summed E-state index contributed by atoms with van der Waals surface area (Å²) in [5.41, 5.74) is 2.02. The third kappa shape index (κ3) is 2.48. The van der Waals surface area contributed by atoms with Gasteiger partial charge in [0, 0.05) is 4.88 Å². The van der Waals surface area contributed by atoms with E-state index in [1.807, 2.05) is 42.6 Å². The number of benzene rings is 1. The fourth-order valence-electron chi connectivity index (χ4n) is 2.69. The molecule has 3 heterocycles. The molecule has 1 aliphatic heterocycles. The molecule has 1 atom stereocenters. The average molecular weight is 342 g/mol. The van der Waals surface area contributed by atoms with Gasteiger partial charge in [-0.3, -0.25) is 0 Å². The molecule has 0 saturated carbocycles. The molecule has 2 aromatic heterocycles. The van der Waals surface area contributed by atoms with Gasteiger partial charge in [0.15, 0.2) is 5.16 Å². The van der Waals surface area contributed by atoms with Gasteiger partial charge in [0.1, 0.15) is 0 Å². The first-order valence-electron chi connectivity index (χ1n) is 7.35. The van der Waals surface area contributed by atoms with Crippen LogP contribution in [0.15, 0.2) is 57.9 Å². The number of thioether (sulfide) groups is 1. The van der Waals surface area contributed by atoms with Gasteiger partial charge in [0.25, 0.3) is 0 Å². The fourth-order valence-corrected chi connectivity index (χ4v) is 4.47. The van der Waals surface area contributed by atoms with E-state index in [0.717, 1.165) is 16.2 Å². The Labute approximate surface area is 141 Å². The molecule has 1 aliphatic rings. The number of rotatable bonds is 3. The van der Waals surface area contributed by atoms with Gasteiger partial charge in [-0.25, -0.2) is 9.78 Å².